The van der Waals surface area contributed by atoms with Crippen LogP contribution in [0.4, 0.5) is 5.69 Å². The number of anilines is 1. The van der Waals surface area contributed by atoms with Crippen LogP contribution in [-0.2, 0) is 18.4 Å². The molecule has 2 N–H and O–H groups in total. The van der Waals surface area contributed by atoms with Gasteiger partial charge in [-0.15, -0.1) is 0 Å². The first-order chi connectivity index (χ1) is 9.38. The number of nitrogens with one attached hydrogen (secondary N) is 1. The van der Waals surface area contributed by atoms with Gasteiger partial charge in [0.2, 0.25) is 0 Å². The van der Waals surface area contributed by atoms with E-state index in [4.69, 9.17) is 28.3 Å². The molecule has 0 unspecified atom stereocenters. The summed E-state index contributed by atoms with van der Waals surface area (Å²) in [5.41, 5.74) is 0.663. The molecule has 2 aromatic heterocycles. The monoisotopic (exact) mass is 316 g/mol. The molecule has 0 aliphatic rings. The molecular weight excluding hydrogens is 307 g/mol. The molecule has 0 bridgehead atoms. The minimum atomic E-state index is -1.02. The molecule has 2 heterocycles. The summed E-state index contributed by atoms with van der Waals surface area (Å²) >= 11 is 11.7. The van der Waals surface area contributed by atoms with Gasteiger partial charge in [-0.25, -0.2) is 0 Å². The number of carbonyl (C=O) groups excluding carboxylic acids is 1. The van der Waals surface area contributed by atoms with E-state index in [9.17, 15) is 9.59 Å². The number of carboxylic acids is 1. The van der Waals surface area contributed by atoms with Gasteiger partial charge in [-0.3, -0.25) is 14.3 Å². The fourth-order valence-corrected chi connectivity index (χ4v) is 1.98. The van der Waals surface area contributed by atoms with Crippen LogP contribution in [0, 0.1) is 0 Å². The van der Waals surface area contributed by atoms with Crippen molar-refractivity contribution in [2.45, 2.75) is 6.54 Å². The fourth-order valence-electron chi connectivity index (χ4n) is 1.61. The number of carbonyl (C=O) groups is 2. The Morgan fingerprint density at radius 1 is 1.45 bits per heavy atom. The van der Waals surface area contributed by atoms with Gasteiger partial charge in [0.15, 0.2) is 0 Å². The van der Waals surface area contributed by atoms with E-state index in [0.717, 1.165) is 0 Å². The molecule has 9 heteroatoms. The van der Waals surface area contributed by atoms with Crippen molar-refractivity contribution >= 4 is 40.8 Å². The molecule has 0 radical (unpaired) electrons. The van der Waals surface area contributed by atoms with Gasteiger partial charge < -0.3 is 15.0 Å². The number of nitrogens with zero attached hydrogens (tertiary/aromatic N) is 3. The molecule has 0 saturated carbocycles. The van der Waals surface area contributed by atoms with Gasteiger partial charge in [0, 0.05) is 13.2 Å². The van der Waals surface area contributed by atoms with Crippen LogP contribution < -0.4 is 5.32 Å². The number of halogens is 2. The molecule has 7 nitrogen and oxygen atoms in total. The van der Waals surface area contributed by atoms with Crippen LogP contribution in [-0.4, -0.2) is 31.3 Å². The lowest BCUT2D eigenvalue weighted by Crippen LogP contribution is -2.15. The molecule has 0 fully saturated rings. The van der Waals surface area contributed by atoms with Crippen LogP contribution >= 0.6 is 23.2 Å². The number of rotatable bonds is 4. The highest BCUT2D eigenvalue weighted by Crippen LogP contribution is 2.25. The average Bonchev–Trinajstić information content (AvgIpc) is 2.89. The number of carboxylic acid groups (broad SMARTS) is 1. The highest BCUT2D eigenvalue weighted by molar-refractivity contribution is 6.42. The number of hydrogen-bond donors (Lipinski definition) is 2. The Hall–Kier alpha value is -1.99. The van der Waals surface area contributed by atoms with Crippen molar-refractivity contribution < 1.29 is 14.7 Å². The highest BCUT2D eigenvalue weighted by atomic mass is 35.5. The second-order valence-corrected chi connectivity index (χ2v) is 4.77. The largest absolute Gasteiger partial charge is 0.480 e. The SMILES string of the molecule is Cn1c(C(=O)Nc2cnn(CC(=O)O)c2)cc(Cl)c1Cl. The topological polar surface area (TPSA) is 89.2 Å². The Bertz CT molecular complexity index is 677. The Balaban J connectivity index is 2.13. The minimum absolute atomic E-state index is 0.262. The zero-order valence-corrected chi connectivity index (χ0v) is 11.8. The first-order valence-electron chi connectivity index (χ1n) is 5.45. The normalized spacial score (nSPS) is 10.6. The fraction of sp³-hybridized carbons (Fsp3) is 0.182. The zero-order valence-electron chi connectivity index (χ0n) is 10.3. The molecule has 1 amide bonds. The van der Waals surface area contributed by atoms with Gasteiger partial charge in [-0.2, -0.15) is 5.10 Å². The van der Waals surface area contributed by atoms with Gasteiger partial charge in [0.25, 0.3) is 5.91 Å². The van der Waals surface area contributed by atoms with Crippen molar-refractivity contribution in [2.24, 2.45) is 7.05 Å². The quantitative estimate of drug-likeness (QED) is 0.901. The zero-order chi connectivity index (χ0) is 14.9. The molecular formula is C11H10Cl2N4O3. The van der Waals surface area contributed by atoms with Crippen molar-refractivity contribution in [2.75, 3.05) is 5.32 Å². The van der Waals surface area contributed by atoms with Gasteiger partial charge in [-0.05, 0) is 6.07 Å². The predicted octanol–water partition coefficient (Wildman–Crippen LogP) is 1.87. The van der Waals surface area contributed by atoms with Crippen LogP contribution in [0.2, 0.25) is 10.2 Å². The summed E-state index contributed by atoms with van der Waals surface area (Å²) < 4.78 is 2.64. The third kappa shape index (κ3) is 2.94. The van der Waals surface area contributed by atoms with E-state index in [1.807, 2.05) is 0 Å². The smallest absolute Gasteiger partial charge is 0.325 e. The maximum atomic E-state index is 12.0. The number of hydrogen-bond acceptors (Lipinski definition) is 3. The standard InChI is InChI=1S/C11H10Cl2N4O3/c1-16-8(2-7(12)10(16)13)11(20)15-6-3-14-17(4-6)5-9(18)19/h2-4H,5H2,1H3,(H,15,20)(H,18,19). The Morgan fingerprint density at radius 3 is 2.70 bits per heavy atom. The van der Waals surface area contributed by atoms with Crippen molar-refractivity contribution in [3.05, 3.63) is 34.3 Å². The van der Waals surface area contributed by atoms with Gasteiger partial charge in [0.1, 0.15) is 17.4 Å². The molecule has 0 aliphatic heterocycles. The second-order valence-electron chi connectivity index (χ2n) is 4.00. The summed E-state index contributed by atoms with van der Waals surface area (Å²) in [6.07, 6.45) is 2.77. The average molecular weight is 317 g/mol. The van der Waals surface area contributed by atoms with Crippen molar-refractivity contribution in [3.63, 3.8) is 0 Å². The van der Waals surface area contributed by atoms with Crippen molar-refractivity contribution in [3.8, 4) is 0 Å². The van der Waals surface area contributed by atoms with Crippen LogP contribution in [0.3, 0.4) is 0 Å². The summed E-state index contributed by atoms with van der Waals surface area (Å²) in [6, 6.07) is 1.45. The van der Waals surface area contributed by atoms with E-state index in [0.29, 0.717) is 5.69 Å². The van der Waals surface area contributed by atoms with E-state index < -0.39 is 11.9 Å². The molecule has 0 saturated heterocycles. The minimum Gasteiger partial charge on any atom is -0.480 e. The number of amides is 1. The number of aromatic nitrogens is 3. The van der Waals surface area contributed by atoms with E-state index in [1.165, 1.54) is 27.7 Å². The van der Waals surface area contributed by atoms with Crippen LogP contribution in [0.25, 0.3) is 0 Å². The molecule has 0 spiro atoms. The predicted molar refractivity (Wildman–Crippen MR) is 73.2 cm³/mol. The van der Waals surface area contributed by atoms with Gasteiger partial charge in [-0.1, -0.05) is 23.2 Å². The first kappa shape index (κ1) is 14.4. The Labute approximate surface area is 123 Å². The Kier molecular flexibility index (Phi) is 4.01. The van der Waals surface area contributed by atoms with Crippen LogP contribution in [0.5, 0.6) is 0 Å². The molecule has 0 atom stereocenters. The van der Waals surface area contributed by atoms with Crippen LogP contribution in [0.15, 0.2) is 18.5 Å². The van der Waals surface area contributed by atoms with E-state index >= 15 is 0 Å². The van der Waals surface area contributed by atoms with E-state index in [1.54, 1.807) is 7.05 Å². The lowest BCUT2D eigenvalue weighted by molar-refractivity contribution is -0.137. The summed E-state index contributed by atoms with van der Waals surface area (Å²) in [5, 5.41) is 15.6. The lowest BCUT2D eigenvalue weighted by atomic mass is 10.4. The molecule has 0 aliphatic carbocycles. The van der Waals surface area contributed by atoms with Crippen molar-refractivity contribution in [1.29, 1.82) is 0 Å². The highest BCUT2D eigenvalue weighted by Gasteiger charge is 2.16. The maximum Gasteiger partial charge on any atom is 0.325 e. The molecule has 0 aromatic carbocycles. The van der Waals surface area contributed by atoms with E-state index in [-0.39, 0.29) is 22.4 Å². The molecule has 106 valence electrons. The summed E-state index contributed by atoms with van der Waals surface area (Å²) in [7, 11) is 1.61. The molecule has 2 aromatic rings. The van der Waals surface area contributed by atoms with Gasteiger partial charge >= 0.3 is 5.97 Å². The number of aliphatic carboxylic acids is 1. The summed E-state index contributed by atoms with van der Waals surface area (Å²) in [5.74, 6) is -1.44. The van der Waals surface area contributed by atoms with E-state index in [2.05, 4.69) is 10.4 Å². The third-order valence-electron chi connectivity index (χ3n) is 2.54. The second kappa shape index (κ2) is 5.56. The van der Waals surface area contributed by atoms with Crippen molar-refractivity contribution in [1.82, 2.24) is 14.3 Å². The van der Waals surface area contributed by atoms with Gasteiger partial charge in [0.05, 0.1) is 16.9 Å². The van der Waals surface area contributed by atoms with Crippen LogP contribution in [0.1, 0.15) is 10.5 Å². The maximum absolute atomic E-state index is 12.0. The third-order valence-corrected chi connectivity index (χ3v) is 3.38. The summed E-state index contributed by atoms with van der Waals surface area (Å²) in [4.78, 5) is 22.6. The first-order valence-corrected chi connectivity index (χ1v) is 6.20. The molecule has 2 rings (SSSR count). The summed E-state index contributed by atoms with van der Waals surface area (Å²) in [6.45, 7) is -0.280. The molecule has 20 heavy (non-hydrogen) atoms. The Morgan fingerprint density at radius 2 is 2.15 bits per heavy atom. The lowest BCUT2D eigenvalue weighted by Gasteiger charge is -2.04.